The highest BCUT2D eigenvalue weighted by molar-refractivity contribution is 6.15. The van der Waals surface area contributed by atoms with Crippen molar-refractivity contribution < 1.29 is 19.1 Å². The number of hydrogen-bond acceptors (Lipinski definition) is 4. The van der Waals surface area contributed by atoms with Gasteiger partial charge in [0, 0.05) is 6.07 Å². The predicted octanol–water partition coefficient (Wildman–Crippen LogP) is 5.88. The highest BCUT2D eigenvalue weighted by atomic mass is 16.5. The molecule has 0 spiro atoms. The molecule has 4 heteroatoms. The zero-order chi connectivity index (χ0) is 22.0. The average molecular weight is 412 g/mol. The molecule has 0 bridgehead atoms. The summed E-state index contributed by atoms with van der Waals surface area (Å²) >= 11 is 0. The molecule has 0 radical (unpaired) electrons. The van der Waals surface area contributed by atoms with Crippen molar-refractivity contribution in [2.75, 3.05) is 0 Å². The Labute approximate surface area is 182 Å². The molecule has 0 atom stereocenters. The first-order chi connectivity index (χ1) is 14.9. The Morgan fingerprint density at radius 1 is 1.03 bits per heavy atom. The van der Waals surface area contributed by atoms with Crippen molar-refractivity contribution in [1.82, 2.24) is 0 Å². The number of hydrogen-bond donors (Lipinski definition) is 0. The summed E-state index contributed by atoms with van der Waals surface area (Å²) in [5.74, 6) is 0.965. The van der Waals surface area contributed by atoms with E-state index in [1.807, 2.05) is 49.4 Å². The lowest BCUT2D eigenvalue weighted by Gasteiger charge is -2.08. The number of allylic oxidation sites excluding steroid dienone is 1. The van der Waals surface area contributed by atoms with Gasteiger partial charge in [0.15, 0.2) is 5.76 Å². The van der Waals surface area contributed by atoms with Gasteiger partial charge >= 0.3 is 5.97 Å². The Morgan fingerprint density at radius 3 is 2.42 bits per heavy atom. The highest BCUT2D eigenvalue weighted by Gasteiger charge is 2.30. The fourth-order valence-electron chi connectivity index (χ4n) is 3.59. The number of ether oxygens (including phenoxy) is 2. The second kappa shape index (κ2) is 8.60. The van der Waals surface area contributed by atoms with Gasteiger partial charge in [-0.1, -0.05) is 68.4 Å². The molecule has 3 aromatic rings. The van der Waals surface area contributed by atoms with Crippen LogP contribution in [0.3, 0.4) is 0 Å². The first kappa shape index (κ1) is 20.6. The summed E-state index contributed by atoms with van der Waals surface area (Å²) in [6.45, 7) is 6.09. The summed E-state index contributed by atoms with van der Waals surface area (Å²) < 4.78 is 11.3. The van der Waals surface area contributed by atoms with Crippen LogP contribution in [0.1, 0.15) is 52.4 Å². The largest absolute Gasteiger partial charge is 0.452 e. The van der Waals surface area contributed by atoms with Crippen molar-refractivity contribution >= 4 is 17.8 Å². The van der Waals surface area contributed by atoms with E-state index in [9.17, 15) is 9.59 Å². The van der Waals surface area contributed by atoms with Gasteiger partial charge in [0.1, 0.15) is 11.5 Å². The van der Waals surface area contributed by atoms with E-state index >= 15 is 0 Å². The lowest BCUT2D eigenvalue weighted by molar-refractivity contribution is -0.133. The summed E-state index contributed by atoms with van der Waals surface area (Å²) in [5, 5.41) is 0. The van der Waals surface area contributed by atoms with Crippen LogP contribution in [-0.2, 0) is 11.2 Å². The van der Waals surface area contributed by atoms with E-state index in [0.29, 0.717) is 28.5 Å². The van der Waals surface area contributed by atoms with E-state index in [1.165, 1.54) is 5.56 Å². The Morgan fingerprint density at radius 2 is 1.74 bits per heavy atom. The van der Waals surface area contributed by atoms with Gasteiger partial charge in [-0.2, -0.15) is 0 Å². The number of carbonyl (C=O) groups excluding carboxylic acids is 2. The molecule has 4 nitrogen and oxygen atoms in total. The number of aryl methyl sites for hydroxylation is 1. The summed E-state index contributed by atoms with van der Waals surface area (Å²) in [7, 11) is 0. The average Bonchev–Trinajstić information content (AvgIpc) is 3.04. The number of fused-ring (bicyclic) bond motifs is 1. The second-order valence-electron chi connectivity index (χ2n) is 8.01. The minimum Gasteiger partial charge on any atom is -0.452 e. The Kier molecular flexibility index (Phi) is 5.72. The molecule has 0 aliphatic carbocycles. The summed E-state index contributed by atoms with van der Waals surface area (Å²) in [6.07, 6.45) is 1.92. The molecule has 4 rings (SSSR count). The quantitative estimate of drug-likeness (QED) is 0.298. The SMILES string of the molecule is Cc1cc(OC(=O)Cc2ccccc2)cc2c1C(=O)/C(=C/c1ccc(C(C)C)cc1)O2. The number of benzene rings is 3. The monoisotopic (exact) mass is 412 g/mol. The Hall–Kier alpha value is -3.66. The minimum atomic E-state index is -0.365. The van der Waals surface area contributed by atoms with Crippen molar-refractivity contribution in [3.63, 3.8) is 0 Å². The summed E-state index contributed by atoms with van der Waals surface area (Å²) in [6, 6.07) is 20.8. The summed E-state index contributed by atoms with van der Waals surface area (Å²) in [4.78, 5) is 25.2. The number of rotatable bonds is 5. The van der Waals surface area contributed by atoms with Gasteiger partial charge in [-0.05, 0) is 47.2 Å². The molecule has 1 heterocycles. The standard InChI is InChI=1S/C27H24O4/c1-17(2)21-11-9-20(10-12-21)14-24-27(29)26-18(3)13-22(16-23(26)31-24)30-25(28)15-19-7-5-4-6-8-19/h4-14,16-17H,15H2,1-3H3/b24-14-. The van der Waals surface area contributed by atoms with Gasteiger partial charge in [0.25, 0.3) is 0 Å². The highest BCUT2D eigenvalue weighted by Crippen LogP contribution is 2.37. The third-order valence-corrected chi connectivity index (χ3v) is 5.27. The van der Waals surface area contributed by atoms with Crippen LogP contribution >= 0.6 is 0 Å². The molecule has 0 N–H and O–H groups in total. The van der Waals surface area contributed by atoms with Crippen LogP contribution in [-0.4, -0.2) is 11.8 Å². The van der Waals surface area contributed by atoms with Gasteiger partial charge in [-0.15, -0.1) is 0 Å². The van der Waals surface area contributed by atoms with Crippen molar-refractivity contribution in [3.8, 4) is 11.5 Å². The first-order valence-corrected chi connectivity index (χ1v) is 10.3. The zero-order valence-electron chi connectivity index (χ0n) is 17.8. The van der Waals surface area contributed by atoms with E-state index in [1.54, 1.807) is 18.2 Å². The first-order valence-electron chi connectivity index (χ1n) is 10.3. The maximum absolute atomic E-state index is 12.9. The molecule has 0 unspecified atom stereocenters. The van der Waals surface area contributed by atoms with Gasteiger partial charge in [0.2, 0.25) is 5.78 Å². The molecule has 156 valence electrons. The Bertz CT molecular complexity index is 1160. The molecule has 3 aromatic carbocycles. The molecular formula is C27H24O4. The third kappa shape index (κ3) is 4.58. The topological polar surface area (TPSA) is 52.6 Å². The molecule has 1 aliphatic heterocycles. The van der Waals surface area contributed by atoms with E-state index < -0.39 is 0 Å². The van der Waals surface area contributed by atoms with Crippen LogP contribution in [0.4, 0.5) is 0 Å². The molecule has 0 fully saturated rings. The van der Waals surface area contributed by atoms with Crippen LogP contribution in [0.25, 0.3) is 6.08 Å². The van der Waals surface area contributed by atoms with E-state index in [0.717, 1.165) is 11.1 Å². The van der Waals surface area contributed by atoms with Crippen molar-refractivity contribution in [2.24, 2.45) is 0 Å². The van der Waals surface area contributed by atoms with Crippen molar-refractivity contribution in [3.05, 3.63) is 100 Å². The normalized spacial score (nSPS) is 13.9. The zero-order valence-corrected chi connectivity index (χ0v) is 17.8. The molecule has 1 aliphatic rings. The second-order valence-corrected chi connectivity index (χ2v) is 8.01. The minimum absolute atomic E-state index is 0.164. The smallest absolute Gasteiger partial charge is 0.315 e. The van der Waals surface area contributed by atoms with Crippen molar-refractivity contribution in [1.29, 1.82) is 0 Å². The van der Waals surface area contributed by atoms with Crippen LogP contribution in [0.5, 0.6) is 11.5 Å². The number of carbonyl (C=O) groups is 2. The lowest BCUT2D eigenvalue weighted by Crippen LogP contribution is -2.11. The van der Waals surface area contributed by atoms with Crippen LogP contribution in [0.15, 0.2) is 72.5 Å². The maximum Gasteiger partial charge on any atom is 0.315 e. The number of Topliss-reactive ketones (excluding diaryl/α,β-unsaturated/α-hetero) is 1. The molecule has 0 saturated carbocycles. The number of ketones is 1. The molecule has 0 saturated heterocycles. The van der Waals surface area contributed by atoms with Gasteiger partial charge in [0.05, 0.1) is 12.0 Å². The molecule has 0 aromatic heterocycles. The number of esters is 1. The molecule has 0 amide bonds. The fraction of sp³-hybridized carbons (Fsp3) is 0.185. The van der Waals surface area contributed by atoms with Crippen LogP contribution < -0.4 is 9.47 Å². The van der Waals surface area contributed by atoms with E-state index in [2.05, 4.69) is 26.0 Å². The van der Waals surface area contributed by atoms with E-state index in [-0.39, 0.29) is 23.9 Å². The predicted molar refractivity (Wildman–Crippen MR) is 120 cm³/mol. The van der Waals surface area contributed by atoms with Gasteiger partial charge < -0.3 is 9.47 Å². The fourth-order valence-corrected chi connectivity index (χ4v) is 3.59. The maximum atomic E-state index is 12.9. The lowest BCUT2D eigenvalue weighted by atomic mass is 10.0. The van der Waals surface area contributed by atoms with Crippen molar-refractivity contribution in [2.45, 2.75) is 33.1 Å². The van der Waals surface area contributed by atoms with Gasteiger partial charge in [-0.25, -0.2) is 0 Å². The van der Waals surface area contributed by atoms with Crippen LogP contribution in [0.2, 0.25) is 0 Å². The molecule has 31 heavy (non-hydrogen) atoms. The molecular weight excluding hydrogens is 388 g/mol. The van der Waals surface area contributed by atoms with Gasteiger partial charge in [-0.3, -0.25) is 9.59 Å². The third-order valence-electron chi connectivity index (χ3n) is 5.27. The van der Waals surface area contributed by atoms with E-state index in [4.69, 9.17) is 9.47 Å². The van der Waals surface area contributed by atoms with Crippen LogP contribution in [0, 0.1) is 6.92 Å². The Balaban J connectivity index is 1.52. The summed E-state index contributed by atoms with van der Waals surface area (Å²) in [5.41, 5.74) is 4.23.